The topological polar surface area (TPSA) is 33.3 Å². The molecule has 0 aliphatic carbocycles. The van der Waals surface area contributed by atoms with Crippen molar-refractivity contribution in [2.45, 2.75) is 12.8 Å². The van der Waals surface area contributed by atoms with Crippen LogP contribution < -0.4 is 10.6 Å². The Balaban J connectivity index is 1.64. The lowest BCUT2D eigenvalue weighted by molar-refractivity contribution is 0.184. The smallest absolute Gasteiger partial charge is 0.170 e. The normalized spacial score (nSPS) is 18.9. The maximum atomic E-state index is 5.33. The minimum atomic E-state index is 0.690. The zero-order valence-electron chi connectivity index (χ0n) is 9.82. The number of ether oxygens (including phenoxy) is 1. The molecule has 1 aromatic carbocycles. The van der Waals surface area contributed by atoms with Gasteiger partial charge >= 0.3 is 0 Å². The number of anilines is 1. The van der Waals surface area contributed by atoms with Gasteiger partial charge in [0.15, 0.2) is 5.11 Å². The van der Waals surface area contributed by atoms with Crippen LogP contribution in [0.2, 0.25) is 0 Å². The maximum absolute atomic E-state index is 5.33. The van der Waals surface area contributed by atoms with Gasteiger partial charge in [-0.25, -0.2) is 0 Å². The molecule has 0 amide bonds. The predicted molar refractivity (Wildman–Crippen MR) is 74.2 cm³/mol. The summed E-state index contributed by atoms with van der Waals surface area (Å²) < 4.78 is 5.33. The van der Waals surface area contributed by atoms with Crippen LogP contribution in [-0.2, 0) is 4.74 Å². The van der Waals surface area contributed by atoms with E-state index in [4.69, 9.17) is 17.0 Å². The third-order valence-electron chi connectivity index (χ3n) is 2.89. The molecular weight excluding hydrogens is 232 g/mol. The summed E-state index contributed by atoms with van der Waals surface area (Å²) in [7, 11) is 0. The second kappa shape index (κ2) is 6.57. The standard InChI is InChI=1S/C13H18N2OS/c17-13(15-12-4-2-1-3-5-12)14-8-6-11-7-9-16-10-11/h1-5,11H,6-10H2,(H2,14,15,17). The summed E-state index contributed by atoms with van der Waals surface area (Å²) in [6.07, 6.45) is 2.30. The van der Waals surface area contributed by atoms with E-state index >= 15 is 0 Å². The fourth-order valence-electron chi connectivity index (χ4n) is 1.90. The largest absolute Gasteiger partial charge is 0.381 e. The zero-order chi connectivity index (χ0) is 11.9. The van der Waals surface area contributed by atoms with E-state index in [9.17, 15) is 0 Å². The van der Waals surface area contributed by atoms with Crippen LogP contribution in [-0.4, -0.2) is 24.9 Å². The van der Waals surface area contributed by atoms with Crippen LogP contribution in [0.25, 0.3) is 0 Å². The molecule has 1 fully saturated rings. The Kier molecular flexibility index (Phi) is 4.76. The number of thiocarbonyl (C=S) groups is 1. The average Bonchev–Trinajstić information content (AvgIpc) is 2.83. The zero-order valence-corrected chi connectivity index (χ0v) is 10.6. The molecule has 1 saturated heterocycles. The number of rotatable bonds is 4. The molecule has 1 unspecified atom stereocenters. The van der Waals surface area contributed by atoms with E-state index < -0.39 is 0 Å². The fourth-order valence-corrected chi connectivity index (χ4v) is 2.12. The minimum Gasteiger partial charge on any atom is -0.381 e. The first kappa shape index (κ1) is 12.3. The highest BCUT2D eigenvalue weighted by Gasteiger charge is 2.14. The second-order valence-electron chi connectivity index (χ2n) is 4.27. The molecule has 1 aromatic rings. The molecule has 0 radical (unpaired) electrons. The summed E-state index contributed by atoms with van der Waals surface area (Å²) in [6.45, 7) is 2.73. The molecule has 0 spiro atoms. The van der Waals surface area contributed by atoms with Gasteiger partial charge in [0.25, 0.3) is 0 Å². The molecular formula is C13H18N2OS. The molecule has 0 aromatic heterocycles. The van der Waals surface area contributed by atoms with Gasteiger partial charge in [-0.05, 0) is 43.1 Å². The molecule has 0 saturated carbocycles. The highest BCUT2D eigenvalue weighted by molar-refractivity contribution is 7.80. The van der Waals surface area contributed by atoms with E-state index in [0.29, 0.717) is 11.0 Å². The number of hydrogen-bond acceptors (Lipinski definition) is 2. The molecule has 4 heteroatoms. The highest BCUT2D eigenvalue weighted by atomic mass is 32.1. The van der Waals surface area contributed by atoms with Gasteiger partial charge in [-0.2, -0.15) is 0 Å². The van der Waals surface area contributed by atoms with Crippen molar-refractivity contribution in [1.82, 2.24) is 5.32 Å². The van der Waals surface area contributed by atoms with Crippen molar-refractivity contribution in [3.8, 4) is 0 Å². The highest BCUT2D eigenvalue weighted by Crippen LogP contribution is 2.15. The molecule has 17 heavy (non-hydrogen) atoms. The Morgan fingerprint density at radius 2 is 2.18 bits per heavy atom. The Morgan fingerprint density at radius 1 is 1.35 bits per heavy atom. The predicted octanol–water partition coefficient (Wildman–Crippen LogP) is 2.40. The third-order valence-corrected chi connectivity index (χ3v) is 3.14. The average molecular weight is 250 g/mol. The molecule has 0 bridgehead atoms. The number of benzene rings is 1. The molecule has 1 heterocycles. The van der Waals surface area contributed by atoms with Crippen LogP contribution in [0.5, 0.6) is 0 Å². The van der Waals surface area contributed by atoms with Crippen molar-refractivity contribution < 1.29 is 4.74 Å². The first-order valence-electron chi connectivity index (χ1n) is 6.02. The van der Waals surface area contributed by atoms with Gasteiger partial charge in [-0.3, -0.25) is 0 Å². The second-order valence-corrected chi connectivity index (χ2v) is 4.67. The molecule has 1 atom stereocenters. The SMILES string of the molecule is S=C(NCCC1CCOC1)Nc1ccccc1. The number of hydrogen-bond donors (Lipinski definition) is 2. The summed E-state index contributed by atoms with van der Waals surface area (Å²) >= 11 is 5.22. The quantitative estimate of drug-likeness (QED) is 0.804. The van der Waals surface area contributed by atoms with Crippen molar-refractivity contribution in [1.29, 1.82) is 0 Å². The maximum Gasteiger partial charge on any atom is 0.170 e. The summed E-state index contributed by atoms with van der Waals surface area (Å²) in [5.41, 5.74) is 1.02. The van der Waals surface area contributed by atoms with E-state index in [1.54, 1.807) is 0 Å². The van der Waals surface area contributed by atoms with Crippen LogP contribution in [0, 0.1) is 5.92 Å². The third kappa shape index (κ3) is 4.32. The van der Waals surface area contributed by atoms with Crippen LogP contribution in [0.15, 0.2) is 30.3 Å². The first-order chi connectivity index (χ1) is 8.34. The summed E-state index contributed by atoms with van der Waals surface area (Å²) in [4.78, 5) is 0. The van der Waals surface area contributed by atoms with Gasteiger partial charge < -0.3 is 15.4 Å². The van der Waals surface area contributed by atoms with Gasteiger partial charge in [0.2, 0.25) is 0 Å². The fraction of sp³-hybridized carbons (Fsp3) is 0.462. The van der Waals surface area contributed by atoms with E-state index in [1.807, 2.05) is 30.3 Å². The number of para-hydroxylation sites is 1. The Labute approximate surface area is 108 Å². The van der Waals surface area contributed by atoms with Crippen molar-refractivity contribution in [3.05, 3.63) is 30.3 Å². The summed E-state index contributed by atoms with van der Waals surface area (Å²) in [6, 6.07) is 9.96. The van der Waals surface area contributed by atoms with Crippen molar-refractivity contribution >= 4 is 23.0 Å². The van der Waals surface area contributed by atoms with Gasteiger partial charge in [-0.1, -0.05) is 18.2 Å². The lowest BCUT2D eigenvalue weighted by atomic mass is 10.1. The monoisotopic (exact) mass is 250 g/mol. The van der Waals surface area contributed by atoms with Crippen LogP contribution in [0.1, 0.15) is 12.8 Å². The molecule has 2 N–H and O–H groups in total. The molecule has 3 nitrogen and oxygen atoms in total. The van der Waals surface area contributed by atoms with E-state index in [0.717, 1.165) is 31.9 Å². The number of nitrogens with one attached hydrogen (secondary N) is 2. The van der Waals surface area contributed by atoms with Crippen LogP contribution >= 0.6 is 12.2 Å². The lowest BCUT2D eigenvalue weighted by Gasteiger charge is -2.12. The van der Waals surface area contributed by atoms with Gasteiger partial charge in [-0.15, -0.1) is 0 Å². The molecule has 92 valence electrons. The lowest BCUT2D eigenvalue weighted by Crippen LogP contribution is -2.30. The first-order valence-corrected chi connectivity index (χ1v) is 6.43. The summed E-state index contributed by atoms with van der Waals surface area (Å²) in [5, 5.41) is 7.07. The molecule has 1 aliphatic heterocycles. The van der Waals surface area contributed by atoms with Crippen molar-refractivity contribution in [3.63, 3.8) is 0 Å². The van der Waals surface area contributed by atoms with E-state index in [2.05, 4.69) is 10.6 Å². The molecule has 1 aliphatic rings. The van der Waals surface area contributed by atoms with Gasteiger partial charge in [0, 0.05) is 25.4 Å². The van der Waals surface area contributed by atoms with Gasteiger partial charge in [0.1, 0.15) is 0 Å². The van der Waals surface area contributed by atoms with Crippen molar-refractivity contribution in [2.75, 3.05) is 25.1 Å². The molecule has 2 rings (SSSR count). The Bertz CT molecular complexity index is 350. The van der Waals surface area contributed by atoms with E-state index in [-0.39, 0.29) is 0 Å². The minimum absolute atomic E-state index is 0.690. The van der Waals surface area contributed by atoms with Crippen LogP contribution in [0.3, 0.4) is 0 Å². The van der Waals surface area contributed by atoms with Crippen molar-refractivity contribution in [2.24, 2.45) is 5.92 Å². The van der Waals surface area contributed by atoms with Gasteiger partial charge in [0.05, 0.1) is 0 Å². The summed E-state index contributed by atoms with van der Waals surface area (Å²) in [5.74, 6) is 0.696. The van der Waals surface area contributed by atoms with E-state index in [1.165, 1.54) is 6.42 Å². The Hall–Kier alpha value is -1.13. The van der Waals surface area contributed by atoms with Crippen LogP contribution in [0.4, 0.5) is 5.69 Å². The Morgan fingerprint density at radius 3 is 2.88 bits per heavy atom.